The largest absolute Gasteiger partial charge is 0.480 e. The lowest BCUT2D eigenvalue weighted by atomic mass is 10.1. The number of allylic oxidation sites excluding steroid dienone is 2. The Morgan fingerprint density at radius 2 is 1.55 bits per heavy atom. The summed E-state index contributed by atoms with van der Waals surface area (Å²) in [4.78, 5) is 10.8. The molecule has 0 amide bonds. The van der Waals surface area contributed by atoms with Crippen LogP contribution in [0.25, 0.3) is 0 Å². The zero-order valence-corrected chi connectivity index (χ0v) is 13.4. The predicted molar refractivity (Wildman–Crippen MR) is 86.1 cm³/mol. The van der Waals surface area contributed by atoms with Crippen molar-refractivity contribution in [3.05, 3.63) is 12.2 Å². The molecule has 0 aliphatic carbocycles. The quantitative estimate of drug-likeness (QED) is 0.364. The summed E-state index contributed by atoms with van der Waals surface area (Å²) in [5.41, 5.74) is 0. The van der Waals surface area contributed by atoms with Crippen LogP contribution in [0.15, 0.2) is 12.2 Å². The van der Waals surface area contributed by atoms with Crippen molar-refractivity contribution < 1.29 is 9.90 Å². The number of aliphatic carboxylic acids is 1. The van der Waals surface area contributed by atoms with E-state index in [4.69, 9.17) is 5.11 Å². The Labute approximate surface area is 124 Å². The maximum Gasteiger partial charge on any atom is 0.320 e. The lowest BCUT2D eigenvalue weighted by Crippen LogP contribution is -2.33. The van der Waals surface area contributed by atoms with Gasteiger partial charge in [0.15, 0.2) is 0 Å². The van der Waals surface area contributed by atoms with Crippen LogP contribution in [0.1, 0.15) is 77.6 Å². The van der Waals surface area contributed by atoms with E-state index in [9.17, 15) is 4.79 Å². The monoisotopic (exact) mass is 283 g/mol. The molecule has 0 aliphatic rings. The second-order valence-electron chi connectivity index (χ2n) is 5.49. The second kappa shape index (κ2) is 14.6. The third kappa shape index (κ3) is 12.2. The maximum absolute atomic E-state index is 10.8. The molecule has 3 heteroatoms. The summed E-state index contributed by atoms with van der Waals surface area (Å²) in [7, 11) is 1.71. The molecule has 0 aliphatic heterocycles. The number of unbranched alkanes of at least 4 members (excludes halogenated alkanes) is 8. The molecule has 0 aromatic rings. The highest BCUT2D eigenvalue weighted by Gasteiger charge is 2.13. The second-order valence-corrected chi connectivity index (χ2v) is 5.49. The highest BCUT2D eigenvalue weighted by atomic mass is 16.4. The van der Waals surface area contributed by atoms with Crippen LogP contribution in [0.3, 0.4) is 0 Å². The third-order valence-corrected chi connectivity index (χ3v) is 3.65. The summed E-state index contributed by atoms with van der Waals surface area (Å²) in [5.74, 6) is -0.737. The summed E-state index contributed by atoms with van der Waals surface area (Å²) < 4.78 is 0. The minimum Gasteiger partial charge on any atom is -0.480 e. The van der Waals surface area contributed by atoms with Crippen molar-refractivity contribution in [2.24, 2.45) is 0 Å². The Bertz CT molecular complexity index is 251. The van der Waals surface area contributed by atoms with Crippen LogP contribution in [0.4, 0.5) is 0 Å². The van der Waals surface area contributed by atoms with E-state index in [1.807, 2.05) is 0 Å². The third-order valence-electron chi connectivity index (χ3n) is 3.65. The number of carboxylic acids is 1. The molecule has 0 heterocycles. The first-order valence-electron chi connectivity index (χ1n) is 8.27. The highest BCUT2D eigenvalue weighted by Crippen LogP contribution is 2.09. The SMILES string of the molecule is CCCCCCC=CCCCCCCC(NC)C(=O)O. The average Bonchev–Trinajstić information content (AvgIpc) is 2.43. The molecule has 20 heavy (non-hydrogen) atoms. The molecule has 0 aromatic heterocycles. The highest BCUT2D eigenvalue weighted by molar-refractivity contribution is 5.73. The van der Waals surface area contributed by atoms with Gasteiger partial charge in [0.1, 0.15) is 6.04 Å². The molecular weight excluding hydrogens is 250 g/mol. The van der Waals surface area contributed by atoms with Gasteiger partial charge in [-0.25, -0.2) is 0 Å². The molecule has 0 saturated heterocycles. The molecule has 0 saturated carbocycles. The molecule has 0 radical (unpaired) electrons. The first-order chi connectivity index (χ1) is 9.72. The fraction of sp³-hybridized carbons (Fsp3) is 0.824. The van der Waals surface area contributed by atoms with Crippen LogP contribution in [0.5, 0.6) is 0 Å². The minimum atomic E-state index is -0.737. The Balaban J connectivity index is 3.27. The summed E-state index contributed by atoms with van der Waals surface area (Å²) in [6, 6.07) is -0.377. The van der Waals surface area contributed by atoms with Crippen LogP contribution in [-0.2, 0) is 4.79 Å². The van der Waals surface area contributed by atoms with E-state index >= 15 is 0 Å². The number of likely N-dealkylation sites (N-methyl/N-ethyl adjacent to an activating group) is 1. The van der Waals surface area contributed by atoms with Gasteiger partial charge in [0, 0.05) is 0 Å². The van der Waals surface area contributed by atoms with E-state index < -0.39 is 5.97 Å². The van der Waals surface area contributed by atoms with E-state index in [1.165, 1.54) is 51.4 Å². The minimum absolute atomic E-state index is 0.377. The summed E-state index contributed by atoms with van der Waals surface area (Å²) in [5, 5.41) is 11.7. The van der Waals surface area contributed by atoms with Gasteiger partial charge in [-0.3, -0.25) is 4.79 Å². The fourth-order valence-electron chi connectivity index (χ4n) is 2.28. The van der Waals surface area contributed by atoms with Crippen LogP contribution in [0, 0.1) is 0 Å². The number of nitrogens with one attached hydrogen (secondary N) is 1. The van der Waals surface area contributed by atoms with E-state index in [0.29, 0.717) is 0 Å². The number of carboxylic acid groups (broad SMARTS) is 1. The van der Waals surface area contributed by atoms with E-state index in [1.54, 1.807) is 7.05 Å². The summed E-state index contributed by atoms with van der Waals surface area (Å²) in [6.45, 7) is 2.24. The van der Waals surface area contributed by atoms with Gasteiger partial charge in [0.05, 0.1) is 0 Å². The van der Waals surface area contributed by atoms with Crippen molar-refractivity contribution >= 4 is 5.97 Å². The van der Waals surface area contributed by atoms with Crippen molar-refractivity contribution in [1.29, 1.82) is 0 Å². The van der Waals surface area contributed by atoms with E-state index in [0.717, 1.165) is 19.3 Å². The smallest absolute Gasteiger partial charge is 0.320 e. The number of hydrogen-bond acceptors (Lipinski definition) is 2. The maximum atomic E-state index is 10.8. The van der Waals surface area contributed by atoms with Crippen molar-refractivity contribution in [2.45, 2.75) is 83.6 Å². The van der Waals surface area contributed by atoms with Crippen molar-refractivity contribution in [3.8, 4) is 0 Å². The Morgan fingerprint density at radius 3 is 2.05 bits per heavy atom. The molecule has 118 valence electrons. The zero-order chi connectivity index (χ0) is 15.1. The average molecular weight is 283 g/mol. The topological polar surface area (TPSA) is 49.3 Å². The predicted octanol–water partition coefficient (Wildman–Crippen LogP) is 4.53. The molecule has 2 N–H and O–H groups in total. The lowest BCUT2D eigenvalue weighted by Gasteiger charge is -2.10. The number of carbonyl (C=O) groups is 1. The van der Waals surface area contributed by atoms with Gasteiger partial charge in [-0.15, -0.1) is 0 Å². The summed E-state index contributed by atoms with van der Waals surface area (Å²) in [6.07, 6.45) is 17.7. The van der Waals surface area contributed by atoms with Gasteiger partial charge in [-0.05, 0) is 39.2 Å². The van der Waals surface area contributed by atoms with Gasteiger partial charge < -0.3 is 10.4 Å². The van der Waals surface area contributed by atoms with E-state index in [2.05, 4.69) is 24.4 Å². The van der Waals surface area contributed by atoms with Gasteiger partial charge in [-0.1, -0.05) is 57.6 Å². The molecule has 3 nitrogen and oxygen atoms in total. The first kappa shape index (κ1) is 19.2. The van der Waals surface area contributed by atoms with Crippen molar-refractivity contribution in [2.75, 3.05) is 7.05 Å². The van der Waals surface area contributed by atoms with Crippen molar-refractivity contribution in [3.63, 3.8) is 0 Å². The number of hydrogen-bond donors (Lipinski definition) is 2. The Kier molecular flexibility index (Phi) is 14.0. The molecule has 1 unspecified atom stereocenters. The lowest BCUT2D eigenvalue weighted by molar-refractivity contribution is -0.139. The first-order valence-corrected chi connectivity index (χ1v) is 8.27. The standard InChI is InChI=1S/C17H33NO2/c1-3-4-5-6-7-8-9-10-11-12-13-14-15-16(18-2)17(19)20/h8-9,16,18H,3-7,10-15H2,1-2H3,(H,19,20). The van der Waals surface area contributed by atoms with Crippen LogP contribution >= 0.6 is 0 Å². The van der Waals surface area contributed by atoms with E-state index in [-0.39, 0.29) is 6.04 Å². The zero-order valence-electron chi connectivity index (χ0n) is 13.4. The molecule has 0 spiro atoms. The molecule has 1 atom stereocenters. The van der Waals surface area contributed by atoms with Gasteiger partial charge in [-0.2, -0.15) is 0 Å². The van der Waals surface area contributed by atoms with Gasteiger partial charge >= 0.3 is 5.97 Å². The van der Waals surface area contributed by atoms with Crippen LogP contribution in [-0.4, -0.2) is 24.2 Å². The van der Waals surface area contributed by atoms with Crippen LogP contribution < -0.4 is 5.32 Å². The fourth-order valence-corrected chi connectivity index (χ4v) is 2.28. The van der Waals surface area contributed by atoms with Gasteiger partial charge in [0.25, 0.3) is 0 Å². The Hall–Kier alpha value is -0.830. The molecule has 0 fully saturated rings. The molecule has 0 rings (SSSR count). The van der Waals surface area contributed by atoms with Gasteiger partial charge in [0.2, 0.25) is 0 Å². The molecule has 0 bridgehead atoms. The summed E-state index contributed by atoms with van der Waals surface area (Å²) >= 11 is 0. The van der Waals surface area contributed by atoms with Crippen molar-refractivity contribution in [1.82, 2.24) is 5.32 Å². The molecular formula is C17H33NO2. The normalized spacial score (nSPS) is 12.9. The number of rotatable bonds is 14. The van der Waals surface area contributed by atoms with Crippen LogP contribution in [0.2, 0.25) is 0 Å². The Morgan fingerprint density at radius 1 is 1.00 bits per heavy atom. The molecule has 0 aromatic carbocycles.